The fourth-order valence-corrected chi connectivity index (χ4v) is 5.24. The Bertz CT molecular complexity index is 823. The van der Waals surface area contributed by atoms with Crippen molar-refractivity contribution in [2.45, 2.75) is 43.0 Å². The molecular weight excluding hydrogens is 348 g/mol. The van der Waals surface area contributed by atoms with Crippen molar-refractivity contribution in [1.29, 1.82) is 0 Å². The summed E-state index contributed by atoms with van der Waals surface area (Å²) in [6.45, 7) is 0. The SMILES string of the molecule is O=C(CCCC[C@@H]1SC[C@@H]2NC(=O)N[C@H]21)Nc1cccc2cccnc12. The number of benzene rings is 1. The molecule has 7 heteroatoms. The first kappa shape index (κ1) is 17.1. The van der Waals surface area contributed by atoms with Gasteiger partial charge in [0.05, 0.1) is 23.3 Å². The summed E-state index contributed by atoms with van der Waals surface area (Å²) in [6, 6.07) is 10.1. The minimum absolute atomic E-state index is 0.0240. The van der Waals surface area contributed by atoms with E-state index in [-0.39, 0.29) is 24.0 Å². The van der Waals surface area contributed by atoms with Crippen molar-refractivity contribution in [2.75, 3.05) is 11.1 Å². The number of aromatic nitrogens is 1. The van der Waals surface area contributed by atoms with Gasteiger partial charge in [0.25, 0.3) is 0 Å². The number of amides is 3. The van der Waals surface area contributed by atoms with E-state index in [1.54, 1.807) is 6.20 Å². The average molecular weight is 370 g/mol. The summed E-state index contributed by atoms with van der Waals surface area (Å²) in [5.41, 5.74) is 1.59. The molecule has 0 radical (unpaired) electrons. The summed E-state index contributed by atoms with van der Waals surface area (Å²) in [4.78, 5) is 28.0. The highest BCUT2D eigenvalue weighted by atomic mass is 32.2. The highest BCUT2D eigenvalue weighted by molar-refractivity contribution is 8.00. The van der Waals surface area contributed by atoms with Gasteiger partial charge < -0.3 is 16.0 Å². The van der Waals surface area contributed by atoms with Crippen LogP contribution in [0.15, 0.2) is 36.5 Å². The fraction of sp³-hybridized carbons (Fsp3) is 0.421. The van der Waals surface area contributed by atoms with Gasteiger partial charge in [0.15, 0.2) is 0 Å². The molecule has 2 aromatic rings. The number of hydrogen-bond donors (Lipinski definition) is 3. The quantitative estimate of drug-likeness (QED) is 0.539. The van der Waals surface area contributed by atoms with E-state index in [0.29, 0.717) is 11.7 Å². The molecule has 1 aromatic heterocycles. The molecule has 0 bridgehead atoms. The van der Waals surface area contributed by atoms with Crippen molar-refractivity contribution >= 4 is 40.3 Å². The lowest BCUT2D eigenvalue weighted by molar-refractivity contribution is -0.116. The van der Waals surface area contributed by atoms with E-state index < -0.39 is 0 Å². The largest absolute Gasteiger partial charge is 0.332 e. The predicted molar refractivity (Wildman–Crippen MR) is 104 cm³/mol. The number of para-hydroxylation sites is 1. The first-order valence-electron chi connectivity index (χ1n) is 9.03. The number of unbranched alkanes of at least 4 members (excludes halogenated alkanes) is 1. The molecule has 2 fully saturated rings. The second-order valence-corrected chi connectivity index (χ2v) is 8.07. The van der Waals surface area contributed by atoms with Crippen molar-refractivity contribution in [1.82, 2.24) is 15.6 Å². The molecule has 4 rings (SSSR count). The number of nitrogens with one attached hydrogen (secondary N) is 3. The zero-order chi connectivity index (χ0) is 17.9. The summed E-state index contributed by atoms with van der Waals surface area (Å²) in [6.07, 6.45) is 5.09. The van der Waals surface area contributed by atoms with Crippen molar-refractivity contribution < 1.29 is 9.59 Å². The number of carbonyl (C=O) groups excluding carboxylic acids is 2. The van der Waals surface area contributed by atoms with E-state index in [9.17, 15) is 9.59 Å². The van der Waals surface area contributed by atoms with Crippen LogP contribution in [0.4, 0.5) is 10.5 Å². The monoisotopic (exact) mass is 370 g/mol. The van der Waals surface area contributed by atoms with Gasteiger partial charge in [-0.05, 0) is 25.0 Å². The average Bonchev–Trinajstić information content (AvgIpc) is 3.18. The maximum absolute atomic E-state index is 12.3. The van der Waals surface area contributed by atoms with E-state index in [1.807, 2.05) is 42.1 Å². The maximum atomic E-state index is 12.3. The van der Waals surface area contributed by atoms with E-state index in [1.165, 1.54) is 0 Å². The Morgan fingerprint density at radius 2 is 2.12 bits per heavy atom. The van der Waals surface area contributed by atoms with Crippen LogP contribution in [0.3, 0.4) is 0 Å². The topological polar surface area (TPSA) is 83.1 Å². The second-order valence-electron chi connectivity index (χ2n) is 6.80. The summed E-state index contributed by atoms with van der Waals surface area (Å²) in [5, 5.41) is 10.4. The molecule has 2 saturated heterocycles. The minimum Gasteiger partial charge on any atom is -0.332 e. The molecule has 3 atom stereocenters. The van der Waals surface area contributed by atoms with E-state index in [4.69, 9.17) is 0 Å². The molecule has 2 aliphatic heterocycles. The third kappa shape index (κ3) is 3.62. The van der Waals surface area contributed by atoms with Crippen LogP contribution in [0.5, 0.6) is 0 Å². The number of hydrogen-bond acceptors (Lipinski definition) is 4. The lowest BCUT2D eigenvalue weighted by Gasteiger charge is -2.16. The number of carbonyl (C=O) groups is 2. The van der Waals surface area contributed by atoms with Crippen LogP contribution in [0.1, 0.15) is 25.7 Å². The van der Waals surface area contributed by atoms with Crippen LogP contribution in [-0.4, -0.2) is 40.0 Å². The van der Waals surface area contributed by atoms with Gasteiger partial charge in [-0.3, -0.25) is 9.78 Å². The standard InChI is InChI=1S/C19H22N4O2S/c24-16(21-13-7-3-5-12-6-4-10-20-17(12)13)9-2-1-8-15-18-14(11-26-15)22-19(25)23-18/h3-7,10,14-15,18H,1-2,8-9,11H2,(H,21,24)(H2,22,23,25)/t14-,15-,18+/m0/s1. The van der Waals surface area contributed by atoms with Gasteiger partial charge in [0.2, 0.25) is 5.91 Å². The summed E-state index contributed by atoms with van der Waals surface area (Å²) in [5.74, 6) is 0.999. The number of fused-ring (bicyclic) bond motifs is 2. The molecule has 6 nitrogen and oxygen atoms in total. The third-order valence-corrected chi connectivity index (χ3v) is 6.50. The van der Waals surface area contributed by atoms with Crippen LogP contribution < -0.4 is 16.0 Å². The molecule has 26 heavy (non-hydrogen) atoms. The molecule has 3 heterocycles. The van der Waals surface area contributed by atoms with Gasteiger partial charge in [-0.25, -0.2) is 4.79 Å². The molecule has 3 amide bonds. The van der Waals surface area contributed by atoms with Crippen LogP contribution in [0.2, 0.25) is 0 Å². The van der Waals surface area contributed by atoms with Crippen molar-refractivity contribution in [2.24, 2.45) is 0 Å². The van der Waals surface area contributed by atoms with Crippen LogP contribution >= 0.6 is 11.8 Å². The number of rotatable bonds is 6. The smallest absolute Gasteiger partial charge is 0.315 e. The first-order chi connectivity index (χ1) is 12.7. The Balaban J connectivity index is 1.24. The molecule has 0 unspecified atom stereocenters. The number of thioether (sulfide) groups is 1. The van der Waals surface area contributed by atoms with Gasteiger partial charge >= 0.3 is 6.03 Å². The summed E-state index contributed by atoms with van der Waals surface area (Å²) in [7, 11) is 0. The molecule has 0 aliphatic carbocycles. The van der Waals surface area contributed by atoms with Gasteiger partial charge in [0.1, 0.15) is 0 Å². The van der Waals surface area contributed by atoms with Crippen LogP contribution in [0.25, 0.3) is 10.9 Å². The zero-order valence-corrected chi connectivity index (χ0v) is 15.2. The fourth-order valence-electron chi connectivity index (χ4n) is 3.69. The Morgan fingerprint density at radius 1 is 1.23 bits per heavy atom. The van der Waals surface area contributed by atoms with E-state index in [2.05, 4.69) is 20.9 Å². The maximum Gasteiger partial charge on any atom is 0.315 e. The molecule has 3 N–H and O–H groups in total. The summed E-state index contributed by atoms with van der Waals surface area (Å²) >= 11 is 1.91. The van der Waals surface area contributed by atoms with Gasteiger partial charge in [0, 0.05) is 29.0 Å². The molecule has 2 aliphatic rings. The molecular formula is C19H22N4O2S. The highest BCUT2D eigenvalue weighted by Gasteiger charge is 2.42. The molecule has 0 spiro atoms. The Kier molecular flexibility index (Phi) is 4.97. The molecule has 0 saturated carbocycles. The number of nitrogens with zero attached hydrogens (tertiary/aromatic N) is 1. The molecule has 136 valence electrons. The Hall–Kier alpha value is -2.28. The van der Waals surface area contributed by atoms with Crippen molar-refractivity contribution in [3.8, 4) is 0 Å². The highest BCUT2D eigenvalue weighted by Crippen LogP contribution is 2.33. The van der Waals surface area contributed by atoms with Crippen LogP contribution in [0, 0.1) is 0 Å². The normalized spacial score (nSPS) is 24.2. The van der Waals surface area contributed by atoms with Crippen molar-refractivity contribution in [3.63, 3.8) is 0 Å². The van der Waals surface area contributed by atoms with Gasteiger partial charge in [-0.15, -0.1) is 0 Å². The van der Waals surface area contributed by atoms with Crippen LogP contribution in [-0.2, 0) is 4.79 Å². The Labute approximate surface area is 156 Å². The zero-order valence-electron chi connectivity index (χ0n) is 14.4. The lowest BCUT2D eigenvalue weighted by Crippen LogP contribution is -2.36. The number of urea groups is 1. The minimum atomic E-state index is -0.0478. The first-order valence-corrected chi connectivity index (χ1v) is 10.1. The van der Waals surface area contributed by atoms with E-state index in [0.717, 1.165) is 41.6 Å². The number of pyridine rings is 1. The second kappa shape index (κ2) is 7.53. The van der Waals surface area contributed by atoms with Crippen molar-refractivity contribution in [3.05, 3.63) is 36.5 Å². The number of anilines is 1. The molecule has 1 aromatic carbocycles. The summed E-state index contributed by atoms with van der Waals surface area (Å²) < 4.78 is 0. The van der Waals surface area contributed by atoms with Gasteiger partial charge in [-0.1, -0.05) is 24.6 Å². The third-order valence-electron chi connectivity index (χ3n) is 4.99. The lowest BCUT2D eigenvalue weighted by atomic mass is 10.0. The Morgan fingerprint density at radius 3 is 3.04 bits per heavy atom. The predicted octanol–water partition coefficient (Wildman–Crippen LogP) is 2.90. The van der Waals surface area contributed by atoms with E-state index >= 15 is 0 Å². The van der Waals surface area contributed by atoms with Gasteiger partial charge in [-0.2, -0.15) is 11.8 Å².